The first-order chi connectivity index (χ1) is 8.10. The summed E-state index contributed by atoms with van der Waals surface area (Å²) in [5.74, 6) is 0.790. The third-order valence-electron chi connectivity index (χ3n) is 2.53. The fourth-order valence-corrected chi connectivity index (χ4v) is 2.43. The van der Waals surface area contributed by atoms with E-state index < -0.39 is 0 Å². The maximum absolute atomic E-state index is 11.9. The van der Waals surface area contributed by atoms with Gasteiger partial charge in [0, 0.05) is 4.47 Å². The van der Waals surface area contributed by atoms with Gasteiger partial charge in [-0.15, -0.1) is 0 Å². The molecule has 0 atom stereocenters. The molecule has 0 saturated carbocycles. The highest BCUT2D eigenvalue weighted by atomic mass is 79.9. The van der Waals surface area contributed by atoms with Crippen LogP contribution in [0.5, 0.6) is 11.5 Å². The van der Waals surface area contributed by atoms with Gasteiger partial charge in [-0.25, -0.2) is 0 Å². The zero-order valence-electron chi connectivity index (χ0n) is 10.2. The van der Waals surface area contributed by atoms with Crippen molar-refractivity contribution in [3.8, 4) is 11.5 Å². The maximum Gasteiger partial charge on any atom is 0.181 e. The number of carbonyl (C=O) groups excluding carboxylic acids is 1. The van der Waals surface area contributed by atoms with E-state index in [4.69, 9.17) is 15.2 Å². The number of benzene rings is 1. The predicted molar refractivity (Wildman–Crippen MR) is 70.0 cm³/mol. The van der Waals surface area contributed by atoms with Crippen molar-refractivity contribution in [2.45, 2.75) is 13.3 Å². The summed E-state index contributed by atoms with van der Waals surface area (Å²) in [5.41, 5.74) is 6.85. The third-order valence-corrected chi connectivity index (χ3v) is 3.43. The van der Waals surface area contributed by atoms with Crippen LogP contribution in [0, 0.1) is 0 Å². The lowest BCUT2D eigenvalue weighted by Crippen LogP contribution is -2.16. The summed E-state index contributed by atoms with van der Waals surface area (Å²) in [7, 11) is 3.05. The van der Waals surface area contributed by atoms with E-state index in [9.17, 15) is 4.79 Å². The maximum atomic E-state index is 11.9. The van der Waals surface area contributed by atoms with Gasteiger partial charge >= 0.3 is 0 Å². The molecule has 0 unspecified atom stereocenters. The molecule has 5 heteroatoms. The molecule has 0 aliphatic heterocycles. The third kappa shape index (κ3) is 2.61. The lowest BCUT2D eigenvalue weighted by Gasteiger charge is -2.16. The molecular formula is C12H16BrNO3. The van der Waals surface area contributed by atoms with Crippen LogP contribution in [0.4, 0.5) is 0 Å². The summed E-state index contributed by atoms with van der Waals surface area (Å²) in [5, 5.41) is 0. The van der Waals surface area contributed by atoms with Crippen molar-refractivity contribution < 1.29 is 14.3 Å². The van der Waals surface area contributed by atoms with Crippen LogP contribution in [0.15, 0.2) is 10.5 Å². The van der Waals surface area contributed by atoms with Gasteiger partial charge < -0.3 is 15.2 Å². The van der Waals surface area contributed by atoms with E-state index in [1.54, 1.807) is 7.11 Å². The van der Waals surface area contributed by atoms with Crippen LogP contribution in [0.3, 0.4) is 0 Å². The second kappa shape index (κ2) is 6.02. The van der Waals surface area contributed by atoms with Gasteiger partial charge in [0.1, 0.15) is 0 Å². The quantitative estimate of drug-likeness (QED) is 0.847. The van der Waals surface area contributed by atoms with Gasteiger partial charge in [-0.3, -0.25) is 4.79 Å². The number of ketones is 1. The lowest BCUT2D eigenvalue weighted by atomic mass is 10.0. The second-order valence-corrected chi connectivity index (χ2v) is 4.23. The van der Waals surface area contributed by atoms with Gasteiger partial charge in [-0.05, 0) is 34.0 Å². The van der Waals surface area contributed by atoms with Gasteiger partial charge in [-0.2, -0.15) is 0 Å². The number of nitrogens with two attached hydrogens (primary N) is 1. The zero-order valence-corrected chi connectivity index (χ0v) is 11.8. The molecule has 0 aliphatic carbocycles. The summed E-state index contributed by atoms with van der Waals surface area (Å²) in [6.45, 7) is 1.94. The molecule has 0 aliphatic rings. The van der Waals surface area contributed by atoms with E-state index in [1.165, 1.54) is 7.11 Å². The molecule has 0 amide bonds. The topological polar surface area (TPSA) is 61.5 Å². The number of rotatable bonds is 5. The molecule has 1 aromatic rings. The molecule has 17 heavy (non-hydrogen) atoms. The van der Waals surface area contributed by atoms with E-state index in [0.717, 1.165) is 16.5 Å². The Balaban J connectivity index is 3.55. The first-order valence-corrected chi connectivity index (χ1v) is 6.06. The molecule has 0 saturated heterocycles. The second-order valence-electron chi connectivity index (χ2n) is 3.44. The van der Waals surface area contributed by atoms with E-state index >= 15 is 0 Å². The van der Waals surface area contributed by atoms with Crippen molar-refractivity contribution in [2.24, 2.45) is 5.73 Å². The van der Waals surface area contributed by atoms with Gasteiger partial charge in [0.05, 0.1) is 26.3 Å². The van der Waals surface area contributed by atoms with Crippen LogP contribution in [0.25, 0.3) is 0 Å². The van der Waals surface area contributed by atoms with E-state index in [0.29, 0.717) is 17.1 Å². The fraction of sp³-hybridized carbons (Fsp3) is 0.417. The van der Waals surface area contributed by atoms with Crippen molar-refractivity contribution in [1.29, 1.82) is 0 Å². The summed E-state index contributed by atoms with van der Waals surface area (Å²) < 4.78 is 11.2. The van der Waals surface area contributed by atoms with Gasteiger partial charge in [0.15, 0.2) is 17.3 Å². The minimum Gasteiger partial charge on any atom is -0.493 e. The number of ether oxygens (including phenoxy) is 2. The van der Waals surface area contributed by atoms with Gasteiger partial charge in [0.2, 0.25) is 0 Å². The molecule has 0 bridgehead atoms. The van der Waals surface area contributed by atoms with E-state index in [1.807, 2.05) is 13.0 Å². The SMILES string of the molecule is CCc1cc(OC)c(OC)c(C(=O)CN)c1Br. The highest BCUT2D eigenvalue weighted by Gasteiger charge is 2.21. The van der Waals surface area contributed by atoms with E-state index in [-0.39, 0.29) is 12.3 Å². The molecule has 0 heterocycles. The number of carbonyl (C=O) groups is 1. The Morgan fingerprint density at radius 3 is 2.47 bits per heavy atom. The molecule has 0 fully saturated rings. The summed E-state index contributed by atoms with van der Waals surface area (Å²) in [6.07, 6.45) is 0.784. The fourth-order valence-electron chi connectivity index (χ4n) is 1.63. The molecule has 94 valence electrons. The molecule has 1 rings (SSSR count). The minimum atomic E-state index is -0.178. The van der Waals surface area contributed by atoms with Crippen LogP contribution in [0.2, 0.25) is 0 Å². The normalized spacial score (nSPS) is 10.2. The standard InChI is InChI=1S/C12H16BrNO3/c1-4-7-5-9(16-2)12(17-3)10(11(7)13)8(15)6-14/h5H,4,6,14H2,1-3H3. The Hall–Kier alpha value is -1.07. The van der Waals surface area contributed by atoms with Crippen LogP contribution >= 0.6 is 15.9 Å². The monoisotopic (exact) mass is 301 g/mol. The van der Waals surface area contributed by atoms with E-state index in [2.05, 4.69) is 15.9 Å². The number of Topliss-reactive ketones (excluding diaryl/α,β-unsaturated/α-hetero) is 1. The average Bonchev–Trinajstić information content (AvgIpc) is 2.36. The molecule has 0 spiro atoms. The van der Waals surface area contributed by atoms with Crippen LogP contribution in [-0.2, 0) is 6.42 Å². The largest absolute Gasteiger partial charge is 0.493 e. The summed E-state index contributed by atoms with van der Waals surface area (Å²) in [4.78, 5) is 11.9. The van der Waals surface area contributed by atoms with Crippen molar-refractivity contribution in [3.05, 3.63) is 21.7 Å². The zero-order chi connectivity index (χ0) is 13.0. The highest BCUT2D eigenvalue weighted by Crippen LogP contribution is 2.39. The van der Waals surface area contributed by atoms with Crippen LogP contribution in [-0.4, -0.2) is 26.5 Å². The van der Waals surface area contributed by atoms with Gasteiger partial charge in [-0.1, -0.05) is 6.92 Å². The highest BCUT2D eigenvalue weighted by molar-refractivity contribution is 9.10. The first kappa shape index (κ1) is 14.0. The Morgan fingerprint density at radius 2 is 2.06 bits per heavy atom. The number of hydrogen-bond donors (Lipinski definition) is 1. The number of aryl methyl sites for hydroxylation is 1. The Kier molecular flexibility index (Phi) is 4.96. The van der Waals surface area contributed by atoms with Crippen molar-refractivity contribution in [1.82, 2.24) is 0 Å². The molecule has 0 aromatic heterocycles. The first-order valence-electron chi connectivity index (χ1n) is 5.27. The average molecular weight is 302 g/mol. The van der Waals surface area contributed by atoms with Crippen molar-refractivity contribution in [2.75, 3.05) is 20.8 Å². The number of halogens is 1. The molecule has 2 N–H and O–H groups in total. The van der Waals surface area contributed by atoms with Crippen molar-refractivity contribution in [3.63, 3.8) is 0 Å². The Morgan fingerprint density at radius 1 is 1.41 bits per heavy atom. The predicted octanol–water partition coefficient (Wildman–Crippen LogP) is 2.17. The summed E-state index contributed by atoms with van der Waals surface area (Å²) >= 11 is 3.43. The smallest absolute Gasteiger partial charge is 0.181 e. The Bertz CT molecular complexity index is 432. The minimum absolute atomic E-state index is 0.0642. The molecule has 1 aromatic carbocycles. The number of methoxy groups -OCH3 is 2. The lowest BCUT2D eigenvalue weighted by molar-refractivity contribution is 0.0997. The number of hydrogen-bond acceptors (Lipinski definition) is 4. The molecule has 0 radical (unpaired) electrons. The molecule has 4 nitrogen and oxygen atoms in total. The summed E-state index contributed by atoms with van der Waals surface area (Å²) in [6, 6.07) is 1.86. The van der Waals surface area contributed by atoms with Gasteiger partial charge in [0.25, 0.3) is 0 Å². The van der Waals surface area contributed by atoms with Crippen LogP contribution < -0.4 is 15.2 Å². The van der Waals surface area contributed by atoms with Crippen molar-refractivity contribution >= 4 is 21.7 Å². The van der Waals surface area contributed by atoms with Crippen LogP contribution in [0.1, 0.15) is 22.8 Å². The Labute approximate surface area is 109 Å². The molecular weight excluding hydrogens is 286 g/mol.